The second-order valence-corrected chi connectivity index (χ2v) is 10.8. The van der Waals surface area contributed by atoms with Crippen LogP contribution in [-0.4, -0.2) is 72.1 Å². The molecule has 2 fully saturated rings. The first kappa shape index (κ1) is 31.2. The van der Waals surface area contributed by atoms with Crippen LogP contribution in [0.15, 0.2) is 0 Å². The van der Waals surface area contributed by atoms with Gasteiger partial charge in [0.05, 0.1) is 12.0 Å². The van der Waals surface area contributed by atoms with Crippen molar-refractivity contribution in [3.63, 3.8) is 0 Å². The van der Waals surface area contributed by atoms with Crippen molar-refractivity contribution >= 4 is 23.6 Å². The lowest BCUT2D eigenvalue weighted by Gasteiger charge is -2.43. The normalized spacial score (nSPS) is 26.1. The number of amides is 4. The van der Waals surface area contributed by atoms with Gasteiger partial charge in [0, 0.05) is 19.0 Å². The van der Waals surface area contributed by atoms with E-state index >= 15 is 0 Å². The molecule has 2 saturated heterocycles. The molecule has 0 bridgehead atoms. The number of halogens is 6. The molecule has 0 aromatic heterocycles. The molecule has 15 heteroatoms. The summed E-state index contributed by atoms with van der Waals surface area (Å²) < 4.78 is 79.3. The third kappa shape index (κ3) is 7.50. The molecule has 4 amide bonds. The molecule has 6 atom stereocenters. The monoisotopic (exact) mass is 555 g/mol. The van der Waals surface area contributed by atoms with Crippen molar-refractivity contribution in [3.8, 4) is 6.07 Å². The van der Waals surface area contributed by atoms with Gasteiger partial charge in [0.25, 0.3) is 0 Å². The molecule has 9 nitrogen and oxygen atoms in total. The van der Waals surface area contributed by atoms with Gasteiger partial charge in [0.1, 0.15) is 18.1 Å². The molecule has 2 aliphatic rings. The Labute approximate surface area is 215 Å². The average Bonchev–Trinajstić information content (AvgIpc) is 3.10. The number of piperidine rings is 1. The van der Waals surface area contributed by atoms with E-state index in [1.807, 2.05) is 0 Å². The summed E-state index contributed by atoms with van der Waals surface area (Å²) in [7, 11) is 0. The predicted molar refractivity (Wildman–Crippen MR) is 120 cm³/mol. The maximum absolute atomic E-state index is 13.5. The van der Waals surface area contributed by atoms with E-state index in [2.05, 4.69) is 10.6 Å². The van der Waals surface area contributed by atoms with E-state index < -0.39 is 84.8 Å². The van der Waals surface area contributed by atoms with Crippen molar-refractivity contribution in [1.82, 2.24) is 20.9 Å². The molecule has 0 spiro atoms. The summed E-state index contributed by atoms with van der Waals surface area (Å²) in [6, 6.07) is -3.07. The molecule has 38 heavy (non-hydrogen) atoms. The number of hydrogen-bond acceptors (Lipinski definition) is 5. The summed E-state index contributed by atoms with van der Waals surface area (Å²) in [4.78, 5) is 50.9. The number of alkyl halides is 6. The Morgan fingerprint density at radius 2 is 1.74 bits per heavy atom. The standard InChI is InChI=1S/C23H31F6N5O4/c1-11-10-31-17(35)14(11)8-13(9-30)32-18(36)15-7-12(22(24,25)26)5-6-34(15)19(37)16(21(2,3)4)33-20(38)23(27,28)29/h11-16H,5-8,10H2,1-4H3,(H,31,35)(H,32,36)(H,33,38)/t11-,12-,13-,14+,15-,16+/m0/s1. The van der Waals surface area contributed by atoms with Crippen LogP contribution in [0.25, 0.3) is 0 Å². The van der Waals surface area contributed by atoms with Crippen LogP contribution in [0.1, 0.15) is 47.0 Å². The maximum atomic E-state index is 13.5. The van der Waals surface area contributed by atoms with Gasteiger partial charge in [-0.25, -0.2) is 0 Å². The first-order chi connectivity index (χ1) is 17.3. The highest BCUT2D eigenvalue weighted by atomic mass is 19.4. The molecule has 2 aliphatic heterocycles. The molecule has 0 aromatic carbocycles. The topological polar surface area (TPSA) is 131 Å². The van der Waals surface area contributed by atoms with Gasteiger partial charge in [-0.15, -0.1) is 0 Å². The van der Waals surface area contributed by atoms with Crippen molar-refractivity contribution in [1.29, 1.82) is 5.26 Å². The highest BCUT2D eigenvalue weighted by Gasteiger charge is 2.51. The third-order valence-electron chi connectivity index (χ3n) is 6.88. The summed E-state index contributed by atoms with van der Waals surface area (Å²) in [6.07, 6.45) is -11.7. The van der Waals surface area contributed by atoms with E-state index in [1.54, 1.807) is 18.3 Å². The zero-order valence-electron chi connectivity index (χ0n) is 21.3. The zero-order valence-corrected chi connectivity index (χ0v) is 21.3. The Morgan fingerprint density at radius 1 is 1.13 bits per heavy atom. The first-order valence-electron chi connectivity index (χ1n) is 12.0. The Hall–Kier alpha value is -3.05. The summed E-state index contributed by atoms with van der Waals surface area (Å²) in [5.74, 6) is -7.80. The van der Waals surface area contributed by atoms with E-state index in [0.717, 1.165) is 4.90 Å². The molecule has 3 N–H and O–H groups in total. The van der Waals surface area contributed by atoms with Gasteiger partial charge in [-0.05, 0) is 30.6 Å². The lowest BCUT2D eigenvalue weighted by molar-refractivity contribution is -0.193. The highest BCUT2D eigenvalue weighted by molar-refractivity contribution is 5.94. The van der Waals surface area contributed by atoms with Gasteiger partial charge in [-0.3, -0.25) is 19.2 Å². The summed E-state index contributed by atoms with van der Waals surface area (Å²) in [5.41, 5.74) is -1.30. The van der Waals surface area contributed by atoms with Gasteiger partial charge in [0.15, 0.2) is 0 Å². The van der Waals surface area contributed by atoms with Crippen molar-refractivity contribution in [2.24, 2.45) is 23.2 Å². The van der Waals surface area contributed by atoms with Gasteiger partial charge in [-0.2, -0.15) is 31.6 Å². The van der Waals surface area contributed by atoms with Crippen LogP contribution in [0.4, 0.5) is 26.3 Å². The number of carbonyl (C=O) groups excluding carboxylic acids is 4. The number of likely N-dealkylation sites (tertiary alicyclic amines) is 1. The number of rotatable bonds is 6. The van der Waals surface area contributed by atoms with Gasteiger partial charge >= 0.3 is 18.3 Å². The van der Waals surface area contributed by atoms with Crippen molar-refractivity contribution in [3.05, 3.63) is 0 Å². The molecule has 0 radical (unpaired) electrons. The predicted octanol–water partition coefficient (Wildman–Crippen LogP) is 2.03. The minimum Gasteiger partial charge on any atom is -0.356 e. The molecular weight excluding hydrogens is 524 g/mol. The Bertz CT molecular complexity index is 971. The second kappa shape index (κ2) is 11.4. The fraction of sp³-hybridized carbons (Fsp3) is 0.783. The van der Waals surface area contributed by atoms with Crippen molar-refractivity contribution in [2.45, 2.75) is 77.4 Å². The smallest absolute Gasteiger partial charge is 0.356 e. The van der Waals surface area contributed by atoms with E-state index in [9.17, 15) is 50.8 Å². The molecule has 214 valence electrons. The molecule has 0 unspecified atom stereocenters. The fourth-order valence-electron chi connectivity index (χ4n) is 4.60. The zero-order chi connectivity index (χ0) is 29.2. The molecule has 2 heterocycles. The molecule has 0 aliphatic carbocycles. The van der Waals surface area contributed by atoms with E-state index in [1.165, 1.54) is 20.8 Å². The number of nitrogens with one attached hydrogen (secondary N) is 3. The lowest BCUT2D eigenvalue weighted by atomic mass is 9.83. The largest absolute Gasteiger partial charge is 0.471 e. The van der Waals surface area contributed by atoms with Gasteiger partial charge in [-0.1, -0.05) is 27.7 Å². The van der Waals surface area contributed by atoms with Crippen molar-refractivity contribution in [2.75, 3.05) is 13.1 Å². The molecule has 0 saturated carbocycles. The van der Waals surface area contributed by atoms with Crippen LogP contribution in [-0.2, 0) is 19.2 Å². The van der Waals surface area contributed by atoms with E-state index in [0.29, 0.717) is 6.54 Å². The van der Waals surface area contributed by atoms with Crippen LogP contribution >= 0.6 is 0 Å². The molecule has 0 aromatic rings. The third-order valence-corrected chi connectivity index (χ3v) is 6.88. The number of nitrogens with zero attached hydrogens (tertiary/aromatic N) is 2. The maximum Gasteiger partial charge on any atom is 0.471 e. The second-order valence-electron chi connectivity index (χ2n) is 10.8. The first-order valence-corrected chi connectivity index (χ1v) is 12.0. The van der Waals surface area contributed by atoms with Crippen molar-refractivity contribution < 1.29 is 45.5 Å². The number of nitriles is 1. The van der Waals surface area contributed by atoms with Crippen LogP contribution in [0.5, 0.6) is 0 Å². The molecule has 2 rings (SSSR count). The van der Waals surface area contributed by atoms with E-state index in [4.69, 9.17) is 0 Å². The van der Waals surface area contributed by atoms with Crippen LogP contribution in [0, 0.1) is 34.5 Å². The van der Waals surface area contributed by atoms with E-state index in [-0.39, 0.29) is 18.2 Å². The Balaban J connectivity index is 2.33. The van der Waals surface area contributed by atoms with Gasteiger partial charge < -0.3 is 20.9 Å². The van der Waals surface area contributed by atoms with Gasteiger partial charge in [0.2, 0.25) is 17.7 Å². The van der Waals surface area contributed by atoms with Crippen LogP contribution in [0.3, 0.4) is 0 Å². The quantitative estimate of drug-likeness (QED) is 0.432. The molecular formula is C23H31F6N5O4. The number of hydrogen-bond donors (Lipinski definition) is 3. The minimum atomic E-state index is -5.33. The summed E-state index contributed by atoms with van der Waals surface area (Å²) in [6.45, 7) is 5.53. The SMILES string of the molecule is C[C@H]1CNC(=O)[C@@H]1C[C@@H](C#N)NC(=O)[C@@H]1C[C@@H](C(F)(F)F)CCN1C(=O)[C@@H](NC(=O)C(F)(F)F)C(C)(C)C. The summed E-state index contributed by atoms with van der Waals surface area (Å²) >= 11 is 0. The Kier molecular flexibility index (Phi) is 9.32. The fourth-order valence-corrected chi connectivity index (χ4v) is 4.60. The van der Waals surface area contributed by atoms with Crippen LogP contribution < -0.4 is 16.0 Å². The summed E-state index contributed by atoms with van der Waals surface area (Å²) in [5, 5.41) is 16.0. The Morgan fingerprint density at radius 3 is 2.18 bits per heavy atom. The number of carbonyl (C=O) groups is 4. The average molecular weight is 556 g/mol. The minimum absolute atomic E-state index is 0.120. The highest BCUT2D eigenvalue weighted by Crippen LogP contribution is 2.38. The van der Waals surface area contributed by atoms with Crippen LogP contribution in [0.2, 0.25) is 0 Å². The lowest BCUT2D eigenvalue weighted by Crippen LogP contribution is -2.63.